The second kappa shape index (κ2) is 5.50. The minimum Gasteiger partial charge on any atom is -0.726 e. The molecule has 0 spiro atoms. The molecule has 0 saturated heterocycles. The first-order valence-corrected chi connectivity index (χ1v) is 4.74. The Kier molecular flexibility index (Phi) is 5.02. The van der Waals surface area contributed by atoms with Crippen molar-refractivity contribution in [2.45, 2.75) is 6.61 Å². The Morgan fingerprint density at radius 2 is 2.07 bits per heavy atom. The van der Waals surface area contributed by atoms with Gasteiger partial charge in [-0.05, 0) is 6.07 Å². The summed E-state index contributed by atoms with van der Waals surface area (Å²) < 4.78 is 34.2. The molecule has 1 aromatic rings. The zero-order valence-electron chi connectivity index (χ0n) is 7.07. The van der Waals surface area contributed by atoms with E-state index in [2.05, 4.69) is 0 Å². The molecule has 14 heavy (non-hydrogen) atoms. The van der Waals surface area contributed by atoms with E-state index in [4.69, 9.17) is 28.5 Å². The van der Waals surface area contributed by atoms with Gasteiger partial charge >= 0.3 is 0 Å². The minimum atomic E-state index is -4.92. The second-order valence-corrected chi connectivity index (χ2v) is 3.10. The van der Waals surface area contributed by atoms with Crippen LogP contribution in [0.5, 0.6) is 0 Å². The maximum absolute atomic E-state index is 8.63. The first-order chi connectivity index (χ1) is 6.33. The van der Waals surface area contributed by atoms with Gasteiger partial charge in [0.05, 0.1) is 6.61 Å². The number of aliphatic hydroxyl groups is 1. The standard InChI is InChI=1S/C6H9N2O.H2O4S/c7-8-3-1-2-6(4-8)5-9;1-5(2,3)4/h1-4,9H,5,7H2;(H2,1,2,3,4)/q+1;/p-1. The fourth-order valence-electron chi connectivity index (χ4n) is 0.637. The second-order valence-electron chi connectivity index (χ2n) is 2.25. The third kappa shape index (κ3) is 8.87. The van der Waals surface area contributed by atoms with Crippen molar-refractivity contribution in [1.29, 1.82) is 0 Å². The number of aromatic nitrogens is 1. The zero-order valence-corrected chi connectivity index (χ0v) is 7.88. The van der Waals surface area contributed by atoms with Crippen LogP contribution in [0.3, 0.4) is 0 Å². The lowest BCUT2D eigenvalue weighted by atomic mass is 10.3. The van der Waals surface area contributed by atoms with Crippen LogP contribution < -0.4 is 10.5 Å². The summed E-state index contributed by atoms with van der Waals surface area (Å²) in [4.78, 5) is 0. The van der Waals surface area contributed by atoms with E-state index in [1.165, 1.54) is 4.68 Å². The Hall–Kier alpha value is -1.22. The first-order valence-electron chi connectivity index (χ1n) is 3.37. The monoisotopic (exact) mass is 222 g/mol. The van der Waals surface area contributed by atoms with E-state index in [0.29, 0.717) is 0 Å². The van der Waals surface area contributed by atoms with E-state index in [9.17, 15) is 0 Å². The fraction of sp³-hybridized carbons (Fsp3) is 0.167. The highest BCUT2D eigenvalue weighted by atomic mass is 32.3. The Morgan fingerprint density at radius 1 is 1.57 bits per heavy atom. The molecule has 1 aromatic heterocycles. The number of nitrogens with zero attached hydrogens (tertiary/aromatic N) is 1. The van der Waals surface area contributed by atoms with Crippen LogP contribution in [0.2, 0.25) is 0 Å². The van der Waals surface area contributed by atoms with E-state index in [1.807, 2.05) is 6.07 Å². The van der Waals surface area contributed by atoms with Crippen molar-refractivity contribution in [1.82, 2.24) is 0 Å². The Morgan fingerprint density at radius 3 is 2.36 bits per heavy atom. The Balaban J connectivity index is 0.000000292. The van der Waals surface area contributed by atoms with Gasteiger partial charge in [0.15, 0.2) is 6.20 Å². The van der Waals surface area contributed by atoms with Gasteiger partial charge in [-0.1, -0.05) is 4.68 Å². The van der Waals surface area contributed by atoms with Gasteiger partial charge in [0.1, 0.15) is 0 Å². The van der Waals surface area contributed by atoms with Gasteiger partial charge in [-0.2, -0.15) is 0 Å². The van der Waals surface area contributed by atoms with E-state index in [1.54, 1.807) is 18.5 Å². The number of aliphatic hydroxyl groups excluding tert-OH is 1. The predicted molar refractivity (Wildman–Crippen MR) is 45.0 cm³/mol. The average Bonchev–Trinajstić information content (AvgIpc) is 2.01. The number of nitrogens with two attached hydrogens (primary N) is 1. The summed E-state index contributed by atoms with van der Waals surface area (Å²) in [6.07, 6.45) is 3.37. The lowest BCUT2D eigenvalue weighted by Gasteiger charge is -1.88. The normalized spacial score (nSPS) is 10.2. The summed E-state index contributed by atoms with van der Waals surface area (Å²) in [7, 11) is -4.92. The summed E-state index contributed by atoms with van der Waals surface area (Å²) in [5, 5.41) is 8.59. The summed E-state index contributed by atoms with van der Waals surface area (Å²) in [6, 6.07) is 3.59. The third-order valence-electron chi connectivity index (χ3n) is 1.07. The minimum absolute atomic E-state index is 0.0397. The number of hydrogen-bond acceptors (Lipinski definition) is 5. The lowest BCUT2D eigenvalue weighted by Crippen LogP contribution is -2.43. The molecule has 0 aromatic carbocycles. The predicted octanol–water partition coefficient (Wildman–Crippen LogP) is -1.82. The smallest absolute Gasteiger partial charge is 0.215 e. The van der Waals surface area contributed by atoms with Crippen LogP contribution in [-0.4, -0.2) is 22.6 Å². The zero-order chi connectivity index (χ0) is 11.2. The summed E-state index contributed by atoms with van der Waals surface area (Å²) in [5.74, 6) is 5.34. The molecular weight excluding hydrogens is 212 g/mol. The van der Waals surface area contributed by atoms with Crippen LogP contribution in [0, 0.1) is 0 Å². The Labute approximate surface area is 81.0 Å². The molecule has 0 aliphatic carbocycles. The SMILES string of the molecule is N[n+]1cccc(CO)c1.O=S(=O)([O-])O. The first kappa shape index (κ1) is 12.8. The van der Waals surface area contributed by atoms with Crippen LogP contribution in [0.25, 0.3) is 0 Å². The highest BCUT2D eigenvalue weighted by Gasteiger charge is 1.94. The topological polar surface area (TPSA) is 128 Å². The largest absolute Gasteiger partial charge is 0.726 e. The molecule has 0 aliphatic rings. The van der Waals surface area contributed by atoms with Crippen LogP contribution in [-0.2, 0) is 17.0 Å². The summed E-state index contributed by atoms with van der Waals surface area (Å²) in [6.45, 7) is 0.0397. The molecule has 8 heteroatoms. The van der Waals surface area contributed by atoms with Crippen LogP contribution in [0.4, 0.5) is 0 Å². The third-order valence-corrected chi connectivity index (χ3v) is 1.07. The molecule has 1 heterocycles. The van der Waals surface area contributed by atoms with Crippen LogP contribution in [0.1, 0.15) is 5.56 Å². The molecule has 4 N–H and O–H groups in total. The van der Waals surface area contributed by atoms with Crippen molar-refractivity contribution in [3.8, 4) is 0 Å². The summed E-state index contributed by atoms with van der Waals surface area (Å²) in [5.41, 5.74) is 0.819. The molecule has 0 bridgehead atoms. The van der Waals surface area contributed by atoms with E-state index < -0.39 is 10.4 Å². The van der Waals surface area contributed by atoms with Gasteiger partial charge in [-0.25, -0.2) is 14.3 Å². The molecule has 0 fully saturated rings. The molecule has 0 amide bonds. The van der Waals surface area contributed by atoms with Gasteiger partial charge in [0.25, 0.3) is 0 Å². The maximum atomic E-state index is 8.63. The van der Waals surface area contributed by atoms with Crippen LogP contribution in [0.15, 0.2) is 24.5 Å². The van der Waals surface area contributed by atoms with Gasteiger partial charge in [0.2, 0.25) is 16.6 Å². The fourth-order valence-corrected chi connectivity index (χ4v) is 0.637. The highest BCUT2D eigenvalue weighted by Crippen LogP contribution is 1.90. The van der Waals surface area contributed by atoms with E-state index >= 15 is 0 Å². The quantitative estimate of drug-likeness (QED) is 0.222. The lowest BCUT2D eigenvalue weighted by molar-refractivity contribution is -0.639. The van der Waals surface area contributed by atoms with Crippen molar-refractivity contribution < 1.29 is 27.3 Å². The van der Waals surface area contributed by atoms with Gasteiger partial charge in [-0.3, -0.25) is 4.55 Å². The van der Waals surface area contributed by atoms with Gasteiger partial charge in [-0.15, -0.1) is 0 Å². The average molecular weight is 222 g/mol. The molecule has 0 unspecified atom stereocenters. The molecule has 0 aliphatic heterocycles. The van der Waals surface area contributed by atoms with Crippen molar-refractivity contribution in [2.75, 3.05) is 5.84 Å². The molecule has 1 rings (SSSR count). The number of pyridine rings is 1. The van der Waals surface area contributed by atoms with Crippen molar-refractivity contribution in [3.63, 3.8) is 0 Å². The molecule has 7 nitrogen and oxygen atoms in total. The molecule has 80 valence electrons. The molecule has 0 saturated carbocycles. The van der Waals surface area contributed by atoms with E-state index in [0.717, 1.165) is 5.56 Å². The summed E-state index contributed by atoms with van der Waals surface area (Å²) >= 11 is 0. The number of hydrogen-bond donors (Lipinski definition) is 3. The molecule has 0 atom stereocenters. The molecular formula is C6H10N2O5S. The molecule has 0 radical (unpaired) electrons. The maximum Gasteiger partial charge on any atom is 0.215 e. The van der Waals surface area contributed by atoms with Crippen molar-refractivity contribution >= 4 is 10.4 Å². The van der Waals surface area contributed by atoms with Crippen molar-refractivity contribution in [2.24, 2.45) is 0 Å². The number of rotatable bonds is 1. The van der Waals surface area contributed by atoms with E-state index in [-0.39, 0.29) is 6.61 Å². The number of nitrogen functional groups attached to an aromatic ring is 1. The van der Waals surface area contributed by atoms with Crippen LogP contribution >= 0.6 is 0 Å². The van der Waals surface area contributed by atoms with Crippen molar-refractivity contribution in [3.05, 3.63) is 30.1 Å². The van der Waals surface area contributed by atoms with Gasteiger partial charge in [0, 0.05) is 11.6 Å². The van der Waals surface area contributed by atoms with Gasteiger partial charge < -0.3 is 9.66 Å². The highest BCUT2D eigenvalue weighted by molar-refractivity contribution is 7.79. The Bertz CT molecular complexity index is 370.